The number of rotatable bonds is 4. The Hall–Kier alpha value is -2.96. The molecule has 160 valence electrons. The second-order valence-electron chi connectivity index (χ2n) is 8.64. The second-order valence-corrected chi connectivity index (χ2v) is 8.64. The molecule has 0 radical (unpaired) electrons. The van der Waals surface area contributed by atoms with Crippen molar-refractivity contribution in [2.24, 2.45) is 7.05 Å². The van der Waals surface area contributed by atoms with Crippen molar-refractivity contribution in [2.45, 2.75) is 38.5 Å². The normalized spacial score (nSPS) is 20.9. The summed E-state index contributed by atoms with van der Waals surface area (Å²) in [6.07, 6.45) is 4.71. The number of amides is 1. The van der Waals surface area contributed by atoms with E-state index < -0.39 is 6.10 Å². The molecule has 1 aromatic heterocycles. The fraction of sp³-hybridized carbons (Fsp3) is 0.360. The van der Waals surface area contributed by atoms with Gasteiger partial charge in [0.1, 0.15) is 0 Å². The number of benzene rings is 2. The quantitative estimate of drug-likeness (QED) is 0.708. The molecule has 1 saturated heterocycles. The number of hydrogen-bond acceptors (Lipinski definition) is 4. The van der Waals surface area contributed by atoms with Crippen molar-refractivity contribution in [3.8, 4) is 11.1 Å². The molecule has 0 aliphatic carbocycles. The number of carbonyl (C=O) groups excluding carboxylic acids is 1. The number of hydrogen-bond donors (Lipinski definition) is 1. The van der Waals surface area contributed by atoms with Gasteiger partial charge in [0.05, 0.1) is 24.9 Å². The van der Waals surface area contributed by atoms with E-state index in [-0.39, 0.29) is 11.9 Å². The maximum Gasteiger partial charge on any atom is 0.254 e. The van der Waals surface area contributed by atoms with E-state index in [2.05, 4.69) is 42.4 Å². The first-order valence-electron chi connectivity index (χ1n) is 10.8. The van der Waals surface area contributed by atoms with Crippen molar-refractivity contribution in [2.75, 3.05) is 13.2 Å². The van der Waals surface area contributed by atoms with E-state index >= 15 is 0 Å². The molecule has 3 heterocycles. The molecule has 1 N–H and O–H groups in total. The third kappa shape index (κ3) is 3.77. The minimum absolute atomic E-state index is 0.0223. The van der Waals surface area contributed by atoms with Crippen LogP contribution >= 0.6 is 0 Å². The van der Waals surface area contributed by atoms with Crippen LogP contribution in [-0.2, 0) is 24.8 Å². The highest BCUT2D eigenvalue weighted by Crippen LogP contribution is 2.31. The van der Waals surface area contributed by atoms with Crippen molar-refractivity contribution in [1.29, 1.82) is 0 Å². The van der Waals surface area contributed by atoms with Crippen molar-refractivity contribution < 1.29 is 14.6 Å². The van der Waals surface area contributed by atoms with Crippen LogP contribution in [-0.4, -0.2) is 51.1 Å². The van der Waals surface area contributed by atoms with Crippen LogP contribution in [0.25, 0.3) is 11.1 Å². The monoisotopic (exact) mass is 417 g/mol. The first kappa shape index (κ1) is 20.0. The maximum atomic E-state index is 13.1. The molecule has 1 amide bonds. The van der Waals surface area contributed by atoms with E-state index in [1.54, 1.807) is 4.68 Å². The summed E-state index contributed by atoms with van der Waals surface area (Å²) in [6.45, 7) is 3.55. The third-order valence-electron chi connectivity index (χ3n) is 6.47. The van der Waals surface area contributed by atoms with Gasteiger partial charge in [-0.2, -0.15) is 5.10 Å². The summed E-state index contributed by atoms with van der Waals surface area (Å²) in [5, 5.41) is 14.5. The topological polar surface area (TPSA) is 67.6 Å². The van der Waals surface area contributed by atoms with Crippen molar-refractivity contribution in [3.05, 3.63) is 76.6 Å². The zero-order chi connectivity index (χ0) is 21.5. The lowest BCUT2D eigenvalue weighted by molar-refractivity contribution is -0.0572. The van der Waals surface area contributed by atoms with Gasteiger partial charge in [0.15, 0.2) is 0 Å². The number of aliphatic hydroxyl groups is 1. The summed E-state index contributed by atoms with van der Waals surface area (Å²) in [4.78, 5) is 15.0. The maximum absolute atomic E-state index is 13.1. The number of ether oxygens (including phenoxy) is 1. The highest BCUT2D eigenvalue weighted by molar-refractivity contribution is 5.99. The Morgan fingerprint density at radius 3 is 2.71 bits per heavy atom. The number of carbonyl (C=O) groups is 1. The van der Waals surface area contributed by atoms with Crippen LogP contribution in [0.4, 0.5) is 0 Å². The van der Waals surface area contributed by atoms with Gasteiger partial charge in [-0.15, -0.1) is 0 Å². The highest BCUT2D eigenvalue weighted by atomic mass is 16.5. The van der Waals surface area contributed by atoms with Gasteiger partial charge in [0.25, 0.3) is 5.91 Å². The van der Waals surface area contributed by atoms with Crippen LogP contribution in [0.5, 0.6) is 0 Å². The number of aromatic nitrogens is 2. The Kier molecular flexibility index (Phi) is 5.12. The summed E-state index contributed by atoms with van der Waals surface area (Å²) in [5.41, 5.74) is 7.63. The minimum atomic E-state index is -0.620. The number of fused-ring (bicyclic) bond motifs is 1. The molecule has 5 rings (SSSR count). The molecule has 2 aliphatic heterocycles. The van der Waals surface area contributed by atoms with Crippen LogP contribution in [0.15, 0.2) is 48.8 Å². The average Bonchev–Trinajstić information content (AvgIpc) is 3.33. The molecular formula is C25H27N3O3. The molecule has 2 aliphatic rings. The smallest absolute Gasteiger partial charge is 0.254 e. The molecule has 0 unspecified atom stereocenters. The average molecular weight is 418 g/mol. The zero-order valence-electron chi connectivity index (χ0n) is 17.9. The van der Waals surface area contributed by atoms with Gasteiger partial charge in [0, 0.05) is 37.5 Å². The van der Waals surface area contributed by atoms with E-state index in [0.29, 0.717) is 26.2 Å². The van der Waals surface area contributed by atoms with Crippen molar-refractivity contribution in [3.63, 3.8) is 0 Å². The van der Waals surface area contributed by atoms with E-state index in [1.165, 1.54) is 11.1 Å². The molecule has 0 spiro atoms. The number of nitrogens with zero attached hydrogens (tertiary/aromatic N) is 3. The summed E-state index contributed by atoms with van der Waals surface area (Å²) >= 11 is 0. The predicted molar refractivity (Wildman–Crippen MR) is 118 cm³/mol. The standard InChI is InChI=1S/C25H27N3O3/c1-16-9-20-14-28(23-7-8-31-15-24(23)29)25(30)22(20)11-19(16)10-17-3-5-18(6-4-17)21-12-26-27(2)13-21/h3-6,9,11-13,23-24,29H,7-8,10,14-15H2,1-2H3/t23-,24-/m0/s1. The van der Waals surface area contributed by atoms with Crippen LogP contribution in [0.3, 0.4) is 0 Å². The first-order chi connectivity index (χ1) is 15.0. The summed E-state index contributed by atoms with van der Waals surface area (Å²) in [6, 6.07) is 12.5. The molecular weight excluding hydrogens is 390 g/mol. The lowest BCUT2D eigenvalue weighted by Crippen LogP contribution is -2.49. The molecule has 3 aromatic rings. The molecule has 6 nitrogen and oxygen atoms in total. The first-order valence-corrected chi connectivity index (χ1v) is 10.8. The van der Waals surface area contributed by atoms with Crippen LogP contribution in [0.1, 0.15) is 39.0 Å². The molecule has 0 bridgehead atoms. The summed E-state index contributed by atoms with van der Waals surface area (Å²) in [5.74, 6) is 0.0223. The van der Waals surface area contributed by atoms with Crippen LogP contribution in [0, 0.1) is 6.92 Å². The largest absolute Gasteiger partial charge is 0.389 e. The van der Waals surface area contributed by atoms with Gasteiger partial charge in [-0.25, -0.2) is 0 Å². The van der Waals surface area contributed by atoms with E-state index in [0.717, 1.165) is 34.2 Å². The zero-order valence-corrected chi connectivity index (χ0v) is 17.9. The predicted octanol–water partition coefficient (Wildman–Crippen LogP) is 3.09. The number of aryl methyl sites for hydroxylation is 2. The Morgan fingerprint density at radius 2 is 2.00 bits per heavy atom. The molecule has 0 saturated carbocycles. The Labute approximate surface area is 182 Å². The molecule has 2 aromatic carbocycles. The van der Waals surface area contributed by atoms with Gasteiger partial charge in [-0.3, -0.25) is 9.48 Å². The fourth-order valence-corrected chi connectivity index (χ4v) is 4.69. The second kappa shape index (κ2) is 7.94. The Bertz CT molecular complexity index is 1120. The number of aliphatic hydroxyl groups excluding tert-OH is 1. The van der Waals surface area contributed by atoms with Crippen LogP contribution in [0.2, 0.25) is 0 Å². The fourth-order valence-electron chi connectivity index (χ4n) is 4.69. The SMILES string of the molecule is Cc1cc2c(cc1Cc1ccc(-c3cnn(C)c3)cc1)C(=O)N([C@H]1CCOC[C@@H]1O)C2. The van der Waals surface area contributed by atoms with E-state index in [4.69, 9.17) is 4.74 Å². The Morgan fingerprint density at radius 1 is 1.19 bits per heavy atom. The summed E-state index contributed by atoms with van der Waals surface area (Å²) in [7, 11) is 1.92. The minimum Gasteiger partial charge on any atom is -0.389 e. The van der Waals surface area contributed by atoms with Gasteiger partial charge in [0.2, 0.25) is 0 Å². The van der Waals surface area contributed by atoms with Gasteiger partial charge < -0.3 is 14.7 Å². The van der Waals surface area contributed by atoms with Gasteiger partial charge in [-0.05, 0) is 53.6 Å². The molecule has 2 atom stereocenters. The third-order valence-corrected chi connectivity index (χ3v) is 6.47. The van der Waals surface area contributed by atoms with Crippen molar-refractivity contribution >= 4 is 5.91 Å². The van der Waals surface area contributed by atoms with Gasteiger partial charge in [-0.1, -0.05) is 30.3 Å². The molecule has 6 heteroatoms. The highest BCUT2D eigenvalue weighted by Gasteiger charge is 2.37. The van der Waals surface area contributed by atoms with Gasteiger partial charge >= 0.3 is 0 Å². The molecule has 1 fully saturated rings. The lowest BCUT2D eigenvalue weighted by Gasteiger charge is -2.34. The van der Waals surface area contributed by atoms with Crippen molar-refractivity contribution in [1.82, 2.24) is 14.7 Å². The lowest BCUT2D eigenvalue weighted by atomic mass is 9.95. The molecule has 31 heavy (non-hydrogen) atoms. The van der Waals surface area contributed by atoms with Crippen LogP contribution < -0.4 is 0 Å². The Balaban J connectivity index is 1.36. The summed E-state index contributed by atoms with van der Waals surface area (Å²) < 4.78 is 7.14. The van der Waals surface area contributed by atoms with E-state index in [9.17, 15) is 9.90 Å². The van der Waals surface area contributed by atoms with E-state index in [1.807, 2.05) is 30.4 Å².